The first-order chi connectivity index (χ1) is 14.6. The SMILES string of the molecule is CCCc1nnc(N2C(=O)c3oc4ccc(C)cc4c(=O)c3C2c2ccccc2)s1. The molecule has 0 saturated heterocycles. The van der Waals surface area contributed by atoms with E-state index in [2.05, 4.69) is 17.1 Å². The van der Waals surface area contributed by atoms with Crippen LogP contribution in [0, 0.1) is 6.92 Å². The van der Waals surface area contributed by atoms with Crippen LogP contribution < -0.4 is 10.3 Å². The van der Waals surface area contributed by atoms with Gasteiger partial charge in [-0.1, -0.05) is 60.2 Å². The van der Waals surface area contributed by atoms with Crippen LogP contribution in [0.25, 0.3) is 11.0 Å². The van der Waals surface area contributed by atoms with Crippen molar-refractivity contribution in [3.8, 4) is 0 Å². The molecule has 3 heterocycles. The number of carbonyl (C=O) groups is 1. The maximum Gasteiger partial charge on any atom is 0.297 e. The highest BCUT2D eigenvalue weighted by molar-refractivity contribution is 7.15. The quantitative estimate of drug-likeness (QED) is 0.483. The van der Waals surface area contributed by atoms with Crippen LogP contribution in [0.15, 0.2) is 57.7 Å². The third-order valence-electron chi connectivity index (χ3n) is 5.27. The van der Waals surface area contributed by atoms with Gasteiger partial charge >= 0.3 is 0 Å². The molecule has 1 atom stereocenters. The van der Waals surface area contributed by atoms with E-state index < -0.39 is 6.04 Å². The topological polar surface area (TPSA) is 76.3 Å². The van der Waals surface area contributed by atoms with Gasteiger partial charge in [0.25, 0.3) is 5.91 Å². The van der Waals surface area contributed by atoms with Crippen molar-refractivity contribution in [1.29, 1.82) is 0 Å². The van der Waals surface area contributed by atoms with Gasteiger partial charge in [0.15, 0.2) is 5.43 Å². The van der Waals surface area contributed by atoms with E-state index in [0.717, 1.165) is 29.0 Å². The summed E-state index contributed by atoms with van der Waals surface area (Å²) in [4.78, 5) is 28.5. The van der Waals surface area contributed by atoms with Crippen molar-refractivity contribution in [2.45, 2.75) is 32.7 Å². The van der Waals surface area contributed by atoms with Crippen LogP contribution in [0.5, 0.6) is 0 Å². The van der Waals surface area contributed by atoms with E-state index in [1.54, 1.807) is 17.0 Å². The van der Waals surface area contributed by atoms with E-state index in [9.17, 15) is 9.59 Å². The predicted molar refractivity (Wildman–Crippen MR) is 116 cm³/mol. The maximum atomic E-state index is 13.5. The van der Waals surface area contributed by atoms with E-state index in [4.69, 9.17) is 4.42 Å². The second-order valence-electron chi connectivity index (χ2n) is 7.39. The second-order valence-corrected chi connectivity index (χ2v) is 8.43. The molecule has 0 aliphatic carbocycles. The minimum Gasteiger partial charge on any atom is -0.450 e. The van der Waals surface area contributed by atoms with E-state index in [-0.39, 0.29) is 17.1 Å². The molecule has 0 fully saturated rings. The molecule has 4 aromatic rings. The Labute approximate surface area is 176 Å². The van der Waals surface area contributed by atoms with Crippen LogP contribution in [0.4, 0.5) is 5.13 Å². The maximum absolute atomic E-state index is 13.5. The molecule has 0 spiro atoms. The van der Waals surface area contributed by atoms with Crippen LogP contribution in [-0.4, -0.2) is 16.1 Å². The Kier molecular flexibility index (Phi) is 4.47. The van der Waals surface area contributed by atoms with Crippen LogP contribution in [0.3, 0.4) is 0 Å². The average Bonchev–Trinajstić information content (AvgIpc) is 3.32. The van der Waals surface area contributed by atoms with Gasteiger partial charge < -0.3 is 4.42 Å². The fourth-order valence-electron chi connectivity index (χ4n) is 3.89. The number of fused-ring (bicyclic) bond motifs is 2. The van der Waals surface area contributed by atoms with Gasteiger partial charge in [-0.05, 0) is 31.0 Å². The Balaban J connectivity index is 1.77. The molecule has 1 aliphatic heterocycles. The van der Waals surface area contributed by atoms with Gasteiger partial charge in [0.2, 0.25) is 10.9 Å². The Morgan fingerprint density at radius 3 is 2.67 bits per heavy atom. The van der Waals surface area contributed by atoms with Crippen LogP contribution in [0.1, 0.15) is 51.6 Å². The van der Waals surface area contributed by atoms with Crippen molar-refractivity contribution in [1.82, 2.24) is 10.2 Å². The van der Waals surface area contributed by atoms with Gasteiger partial charge in [-0.3, -0.25) is 14.5 Å². The number of aryl methyl sites for hydroxylation is 2. The smallest absolute Gasteiger partial charge is 0.297 e. The number of hydrogen-bond acceptors (Lipinski definition) is 6. The Morgan fingerprint density at radius 1 is 1.10 bits per heavy atom. The summed E-state index contributed by atoms with van der Waals surface area (Å²) < 4.78 is 5.98. The number of nitrogens with zero attached hydrogens (tertiary/aromatic N) is 3. The molecule has 7 heteroatoms. The molecule has 0 bridgehead atoms. The normalized spacial score (nSPS) is 15.7. The molecule has 0 saturated carbocycles. The van der Waals surface area contributed by atoms with E-state index in [1.165, 1.54) is 11.3 Å². The lowest BCUT2D eigenvalue weighted by molar-refractivity contribution is 0.0970. The molecule has 0 radical (unpaired) electrons. The van der Waals surface area contributed by atoms with E-state index in [0.29, 0.717) is 21.7 Å². The van der Waals surface area contributed by atoms with Gasteiger partial charge in [-0.25, -0.2) is 0 Å². The highest BCUT2D eigenvalue weighted by Crippen LogP contribution is 2.42. The van der Waals surface area contributed by atoms with Crippen molar-refractivity contribution in [2.24, 2.45) is 0 Å². The van der Waals surface area contributed by atoms with Crippen molar-refractivity contribution in [3.63, 3.8) is 0 Å². The minimum absolute atomic E-state index is 0.0810. The summed E-state index contributed by atoms with van der Waals surface area (Å²) in [5, 5.41) is 10.3. The zero-order chi connectivity index (χ0) is 20.8. The molecule has 6 nitrogen and oxygen atoms in total. The lowest BCUT2D eigenvalue weighted by Crippen LogP contribution is -2.29. The summed E-state index contributed by atoms with van der Waals surface area (Å²) in [5.41, 5.74) is 2.38. The second kappa shape index (κ2) is 7.18. The first-order valence-corrected chi connectivity index (χ1v) is 10.7. The lowest BCUT2D eigenvalue weighted by atomic mass is 9.98. The Hall–Kier alpha value is -3.32. The molecule has 0 N–H and O–H groups in total. The first-order valence-electron chi connectivity index (χ1n) is 9.86. The summed E-state index contributed by atoms with van der Waals surface area (Å²) in [7, 11) is 0. The predicted octanol–water partition coefficient (Wildman–Crippen LogP) is 4.66. The van der Waals surface area contributed by atoms with Gasteiger partial charge in [0.1, 0.15) is 10.6 Å². The third-order valence-corrected chi connectivity index (χ3v) is 6.25. The fourth-order valence-corrected chi connectivity index (χ4v) is 4.86. The number of rotatable bonds is 4. The summed E-state index contributed by atoms with van der Waals surface area (Å²) >= 11 is 1.38. The number of anilines is 1. The number of hydrogen-bond donors (Lipinski definition) is 0. The molecule has 5 rings (SSSR count). The summed E-state index contributed by atoms with van der Waals surface area (Å²) in [5.74, 6) is -0.282. The van der Waals surface area contributed by atoms with E-state index in [1.807, 2.05) is 43.3 Å². The molecule has 1 amide bonds. The average molecular weight is 417 g/mol. The van der Waals surface area contributed by atoms with Crippen molar-refractivity contribution >= 4 is 33.3 Å². The Morgan fingerprint density at radius 2 is 1.90 bits per heavy atom. The van der Waals surface area contributed by atoms with Crippen molar-refractivity contribution in [3.05, 3.63) is 86.2 Å². The summed E-state index contributed by atoms with van der Waals surface area (Å²) in [6.45, 7) is 4.00. The van der Waals surface area contributed by atoms with Crippen LogP contribution in [-0.2, 0) is 6.42 Å². The number of benzene rings is 2. The molecular weight excluding hydrogens is 398 g/mol. The van der Waals surface area contributed by atoms with Crippen LogP contribution >= 0.6 is 11.3 Å². The van der Waals surface area contributed by atoms with Crippen molar-refractivity contribution in [2.75, 3.05) is 4.90 Å². The summed E-state index contributed by atoms with van der Waals surface area (Å²) in [6, 6.07) is 14.3. The molecule has 2 aromatic heterocycles. The van der Waals surface area contributed by atoms with Gasteiger partial charge in [-0.2, -0.15) is 0 Å². The third kappa shape index (κ3) is 2.85. The number of aromatic nitrogens is 2. The largest absolute Gasteiger partial charge is 0.450 e. The number of amides is 1. The Bertz CT molecular complexity index is 1330. The molecule has 150 valence electrons. The lowest BCUT2D eigenvalue weighted by Gasteiger charge is -2.21. The molecule has 2 aromatic carbocycles. The van der Waals surface area contributed by atoms with Crippen molar-refractivity contribution < 1.29 is 9.21 Å². The first kappa shape index (κ1) is 18.7. The standard InChI is InChI=1S/C23H19N3O3S/c1-3-7-17-24-25-23(30-17)26-19(14-8-5-4-6-9-14)18-20(27)15-12-13(2)10-11-16(15)29-21(18)22(26)28/h4-6,8-12,19H,3,7H2,1-2H3. The highest BCUT2D eigenvalue weighted by atomic mass is 32.1. The molecule has 30 heavy (non-hydrogen) atoms. The number of carbonyl (C=O) groups excluding carboxylic acids is 1. The van der Waals surface area contributed by atoms with Gasteiger partial charge in [0.05, 0.1) is 17.0 Å². The van der Waals surface area contributed by atoms with Gasteiger partial charge in [0, 0.05) is 6.42 Å². The molecule has 1 aliphatic rings. The fraction of sp³-hybridized carbons (Fsp3) is 0.217. The zero-order valence-electron chi connectivity index (χ0n) is 16.6. The zero-order valence-corrected chi connectivity index (χ0v) is 17.4. The van der Waals surface area contributed by atoms with Gasteiger partial charge in [-0.15, -0.1) is 10.2 Å². The highest BCUT2D eigenvalue weighted by Gasteiger charge is 2.45. The monoisotopic (exact) mass is 417 g/mol. The molecular formula is C23H19N3O3S. The minimum atomic E-state index is -0.600. The summed E-state index contributed by atoms with van der Waals surface area (Å²) in [6.07, 6.45) is 1.73. The van der Waals surface area contributed by atoms with Crippen LogP contribution in [0.2, 0.25) is 0 Å². The molecule has 1 unspecified atom stereocenters. The van der Waals surface area contributed by atoms with E-state index >= 15 is 0 Å².